The summed E-state index contributed by atoms with van der Waals surface area (Å²) in [5.74, 6) is -0.207. The topological polar surface area (TPSA) is 105 Å². The number of allylic oxidation sites excluding steroid dienone is 23. The van der Waals surface area contributed by atoms with E-state index in [0.717, 1.165) is 116 Å². The Hall–Kier alpha value is -3.62. The fourth-order valence-electron chi connectivity index (χ4n) is 9.07. The maximum Gasteiger partial charge on any atom is 0.472 e. The van der Waals surface area contributed by atoms with Gasteiger partial charge in [-0.1, -0.05) is 288 Å². The first-order valence-electron chi connectivity index (χ1n) is 33.7. The summed E-state index contributed by atoms with van der Waals surface area (Å²) in [5, 5.41) is 14.0. The number of hydrogen-bond donors (Lipinski definition) is 3. The first-order chi connectivity index (χ1) is 40.5. The Balaban J connectivity index is 4.26. The van der Waals surface area contributed by atoms with Crippen molar-refractivity contribution in [2.24, 2.45) is 0 Å². The summed E-state index contributed by atoms with van der Waals surface area (Å²) in [6.45, 7) is 4.67. The summed E-state index contributed by atoms with van der Waals surface area (Å²) >= 11 is 0. The lowest BCUT2D eigenvalue weighted by molar-refractivity contribution is -0.870. The van der Waals surface area contributed by atoms with Gasteiger partial charge >= 0.3 is 7.82 Å². The summed E-state index contributed by atoms with van der Waals surface area (Å²) in [6, 6.07) is -0.889. The maximum atomic E-state index is 13.0. The Labute approximate surface area is 512 Å². The molecular formula is C74H128N2O6P+. The van der Waals surface area contributed by atoms with E-state index in [1.54, 1.807) is 6.08 Å². The molecule has 0 aliphatic rings. The molecule has 1 amide bonds. The van der Waals surface area contributed by atoms with Crippen molar-refractivity contribution in [1.82, 2.24) is 5.32 Å². The molecule has 83 heavy (non-hydrogen) atoms. The number of carbonyl (C=O) groups excluding carboxylic acids is 1. The summed E-state index contributed by atoms with van der Waals surface area (Å²) in [5.41, 5.74) is 0. The normalized spacial score (nSPS) is 14.6. The monoisotopic (exact) mass is 1170 g/mol. The Bertz CT molecular complexity index is 1860. The molecule has 0 aliphatic heterocycles. The van der Waals surface area contributed by atoms with Gasteiger partial charge in [-0.25, -0.2) is 4.57 Å². The predicted molar refractivity (Wildman–Crippen MR) is 364 cm³/mol. The van der Waals surface area contributed by atoms with Crippen LogP contribution in [0.25, 0.3) is 0 Å². The fraction of sp³-hybridized carbons (Fsp3) is 0.662. The van der Waals surface area contributed by atoms with Crippen LogP contribution in [-0.4, -0.2) is 73.4 Å². The molecule has 0 heterocycles. The lowest BCUT2D eigenvalue weighted by Crippen LogP contribution is -2.45. The van der Waals surface area contributed by atoms with Gasteiger partial charge in [-0.3, -0.25) is 13.8 Å². The molecule has 0 aromatic carbocycles. The SMILES string of the molecule is CC/C=C\C/C=C\C/C=C\C/C=C\C/C=C\C/C=C\C/C=C\C/C=C\C/C=C\CCCCCCCCCC(=O)NC(COP(=O)(O)OCC[N+](C)(C)C)C(O)/C=C/CC/C=C/CC/C=C/CCCCCCCCCCCCCCCCCC. The molecule has 8 nitrogen and oxygen atoms in total. The molecule has 0 aromatic heterocycles. The van der Waals surface area contributed by atoms with Gasteiger partial charge in [-0.15, -0.1) is 0 Å². The van der Waals surface area contributed by atoms with Crippen molar-refractivity contribution in [3.8, 4) is 0 Å². The highest BCUT2D eigenvalue weighted by Crippen LogP contribution is 2.43. The summed E-state index contributed by atoms with van der Waals surface area (Å²) in [4.78, 5) is 23.4. The first kappa shape index (κ1) is 79.4. The van der Waals surface area contributed by atoms with Crippen LogP contribution in [0.3, 0.4) is 0 Å². The van der Waals surface area contributed by atoms with Crippen LogP contribution in [0.4, 0.5) is 0 Å². The van der Waals surface area contributed by atoms with Crippen LogP contribution in [0.2, 0.25) is 0 Å². The third kappa shape index (κ3) is 65.8. The van der Waals surface area contributed by atoms with Gasteiger partial charge in [0.25, 0.3) is 0 Å². The van der Waals surface area contributed by atoms with Gasteiger partial charge in [-0.2, -0.15) is 0 Å². The minimum absolute atomic E-state index is 0.0435. The molecule has 3 atom stereocenters. The van der Waals surface area contributed by atoms with E-state index in [0.29, 0.717) is 17.4 Å². The quantitative estimate of drug-likeness (QED) is 0.0243. The molecule has 0 spiro atoms. The lowest BCUT2D eigenvalue weighted by atomic mass is 10.0. The Morgan fingerprint density at radius 1 is 0.422 bits per heavy atom. The van der Waals surface area contributed by atoms with E-state index in [-0.39, 0.29) is 19.1 Å². The van der Waals surface area contributed by atoms with Gasteiger partial charge in [0.1, 0.15) is 13.2 Å². The summed E-state index contributed by atoms with van der Waals surface area (Å²) < 4.78 is 23.8. The van der Waals surface area contributed by atoms with E-state index in [9.17, 15) is 19.4 Å². The Morgan fingerprint density at radius 3 is 1.11 bits per heavy atom. The molecule has 3 N–H and O–H groups in total. The highest BCUT2D eigenvalue weighted by atomic mass is 31.2. The van der Waals surface area contributed by atoms with E-state index >= 15 is 0 Å². The number of rotatable bonds is 60. The third-order valence-corrected chi connectivity index (χ3v) is 15.3. The number of aliphatic hydroxyl groups excluding tert-OH is 1. The number of hydrogen-bond acceptors (Lipinski definition) is 5. The van der Waals surface area contributed by atoms with Gasteiger partial charge in [0.15, 0.2) is 0 Å². The first-order valence-corrected chi connectivity index (χ1v) is 35.2. The van der Waals surface area contributed by atoms with E-state index < -0.39 is 20.0 Å². The number of amides is 1. The molecule has 0 saturated heterocycles. The molecule has 0 radical (unpaired) electrons. The molecule has 0 rings (SSSR count). The van der Waals surface area contributed by atoms with Crippen molar-refractivity contribution < 1.29 is 32.9 Å². The van der Waals surface area contributed by atoms with Gasteiger partial charge in [-0.05, 0) is 116 Å². The van der Waals surface area contributed by atoms with Crippen LogP contribution < -0.4 is 5.32 Å². The van der Waals surface area contributed by atoms with Crippen molar-refractivity contribution in [2.75, 3.05) is 40.9 Å². The van der Waals surface area contributed by atoms with Crippen molar-refractivity contribution >= 4 is 13.7 Å². The van der Waals surface area contributed by atoms with Gasteiger partial charge in [0.2, 0.25) is 5.91 Å². The highest BCUT2D eigenvalue weighted by molar-refractivity contribution is 7.47. The van der Waals surface area contributed by atoms with Crippen LogP contribution in [0.15, 0.2) is 146 Å². The van der Waals surface area contributed by atoms with E-state index in [4.69, 9.17) is 9.05 Å². The molecule has 0 aliphatic carbocycles. The average Bonchev–Trinajstić information content (AvgIpc) is 3.49. The number of likely N-dealkylation sites (N-methyl/N-ethyl adjacent to an activating group) is 1. The molecule has 474 valence electrons. The van der Waals surface area contributed by atoms with E-state index in [2.05, 4.69) is 153 Å². The zero-order valence-electron chi connectivity index (χ0n) is 54.1. The molecular weight excluding hydrogens is 1040 g/mol. The second-order valence-electron chi connectivity index (χ2n) is 23.4. The average molecular weight is 1170 g/mol. The third-order valence-electron chi connectivity index (χ3n) is 14.3. The Kier molecular flexibility index (Phi) is 60.2. The van der Waals surface area contributed by atoms with E-state index in [1.165, 1.54) is 128 Å². The number of quaternary nitrogens is 1. The predicted octanol–water partition coefficient (Wildman–Crippen LogP) is 21.6. The molecule has 9 heteroatoms. The van der Waals surface area contributed by atoms with Crippen LogP contribution in [-0.2, 0) is 18.4 Å². The van der Waals surface area contributed by atoms with Gasteiger partial charge < -0.3 is 19.8 Å². The number of nitrogens with one attached hydrogen (secondary N) is 1. The molecule has 0 aromatic rings. The number of phosphoric acid groups is 1. The van der Waals surface area contributed by atoms with Gasteiger partial charge in [0, 0.05) is 6.42 Å². The zero-order valence-corrected chi connectivity index (χ0v) is 55.0. The van der Waals surface area contributed by atoms with Gasteiger partial charge in [0.05, 0.1) is 39.9 Å². The lowest BCUT2D eigenvalue weighted by Gasteiger charge is -2.25. The van der Waals surface area contributed by atoms with Crippen molar-refractivity contribution in [2.45, 2.75) is 276 Å². The van der Waals surface area contributed by atoms with Crippen LogP contribution in [0.1, 0.15) is 264 Å². The molecule has 0 bridgehead atoms. The number of nitrogens with zero attached hydrogens (tertiary/aromatic N) is 1. The van der Waals surface area contributed by atoms with Crippen molar-refractivity contribution in [3.63, 3.8) is 0 Å². The maximum absolute atomic E-state index is 13.0. The molecule has 0 saturated carbocycles. The fourth-order valence-corrected chi connectivity index (χ4v) is 9.80. The zero-order chi connectivity index (χ0) is 60.5. The van der Waals surface area contributed by atoms with Crippen LogP contribution >= 0.6 is 7.82 Å². The highest BCUT2D eigenvalue weighted by Gasteiger charge is 2.27. The second-order valence-corrected chi connectivity index (χ2v) is 24.9. The number of phosphoric ester groups is 1. The minimum atomic E-state index is -4.38. The second kappa shape index (κ2) is 62.9. The van der Waals surface area contributed by atoms with E-state index in [1.807, 2.05) is 27.2 Å². The molecule has 0 fully saturated rings. The van der Waals surface area contributed by atoms with Crippen LogP contribution in [0, 0.1) is 0 Å². The number of aliphatic hydroxyl groups is 1. The summed E-state index contributed by atoms with van der Waals surface area (Å²) in [7, 11) is 1.52. The molecule has 3 unspecified atom stereocenters. The number of carbonyl (C=O) groups is 1. The van der Waals surface area contributed by atoms with Crippen molar-refractivity contribution in [1.29, 1.82) is 0 Å². The minimum Gasteiger partial charge on any atom is -0.387 e. The van der Waals surface area contributed by atoms with Crippen LogP contribution in [0.5, 0.6) is 0 Å². The largest absolute Gasteiger partial charge is 0.472 e. The number of unbranched alkanes of at least 4 members (excludes halogenated alkanes) is 25. The Morgan fingerprint density at radius 2 is 0.735 bits per heavy atom. The van der Waals surface area contributed by atoms with Crippen molar-refractivity contribution in [3.05, 3.63) is 146 Å². The smallest absolute Gasteiger partial charge is 0.387 e. The standard InChI is InChI=1S/C74H127N2O6P/c1-6-8-10-12-14-16-18-20-22-24-26-28-30-32-34-35-36-37-38-39-40-41-42-44-46-48-50-52-54-56-58-60-62-64-66-68-74(78)75-72(71-82-83(79,80)81-70-69-76(3,4)5)73(77)67-65-63-61-59-57-55-53-51-49-47-45-43-33-31-29-27-25-23-21-19-17-15-13-11-9-7-2/h8,10,14,16,20,22,26,28,32,34,36-37,39-40,42,44,48-51,57,59,65,67,72-73,77H,6-7,9,11-13,15,17-19,21,23-25,27,29-31,33,35,38,41,43,45-47,52-56,58,60-64,66,68-71H2,1-5H3,(H-,75,78,79,80)/p+1/b10-8-,16-14-,22-20-,28-26-,34-32-,37-36-,40-39-,44-42-,50-48-,51-49+,59-57+,67-65+. The summed E-state index contributed by atoms with van der Waals surface area (Å²) in [6.07, 6.45) is 96.9.